The molecule has 2 nitrogen and oxygen atoms in total. The zero-order valence-electron chi connectivity index (χ0n) is 14.2. The lowest BCUT2D eigenvalue weighted by atomic mass is 10.0. The van der Waals surface area contributed by atoms with Crippen molar-refractivity contribution in [2.45, 2.75) is 6.42 Å². The van der Waals surface area contributed by atoms with Crippen LogP contribution in [-0.4, -0.2) is 4.57 Å². The van der Waals surface area contributed by atoms with Gasteiger partial charge in [0.05, 0.1) is 22.1 Å². The molecule has 4 aromatic rings. The van der Waals surface area contributed by atoms with Gasteiger partial charge in [-0.1, -0.05) is 66.8 Å². The highest BCUT2D eigenvalue weighted by Gasteiger charge is 2.19. The Labute approximate surface area is 150 Å². The molecule has 0 spiro atoms. The van der Waals surface area contributed by atoms with Gasteiger partial charge in [0.25, 0.3) is 0 Å². The summed E-state index contributed by atoms with van der Waals surface area (Å²) in [6, 6.07) is 23.7. The van der Waals surface area contributed by atoms with Gasteiger partial charge in [-0.15, -0.1) is 0 Å². The molecule has 1 aromatic heterocycles. The Morgan fingerprint density at radius 3 is 2.58 bits per heavy atom. The Morgan fingerprint density at radius 1 is 0.808 bits per heavy atom. The molecule has 0 fully saturated rings. The van der Waals surface area contributed by atoms with Gasteiger partial charge in [-0.3, -0.25) is 0 Å². The molecule has 0 amide bonds. The van der Waals surface area contributed by atoms with Crippen LogP contribution in [0.1, 0.15) is 6.42 Å². The van der Waals surface area contributed by atoms with Crippen molar-refractivity contribution >= 4 is 27.4 Å². The summed E-state index contributed by atoms with van der Waals surface area (Å²) in [5.41, 5.74) is 5.96. The van der Waals surface area contributed by atoms with Crippen LogP contribution in [0.5, 0.6) is 0 Å². The van der Waals surface area contributed by atoms with Crippen molar-refractivity contribution in [1.29, 1.82) is 0 Å². The molecule has 0 saturated heterocycles. The molecule has 2 heterocycles. The van der Waals surface area contributed by atoms with Gasteiger partial charge >= 0.3 is 0 Å². The molecule has 122 valence electrons. The monoisotopic (exact) mass is 332 g/mol. The van der Waals surface area contributed by atoms with E-state index in [2.05, 4.69) is 89.5 Å². The van der Waals surface area contributed by atoms with E-state index in [4.69, 9.17) is 4.99 Å². The third-order valence-electron chi connectivity index (χ3n) is 5.35. The maximum Gasteiger partial charge on any atom is 0.0963 e. The number of aromatic nitrogens is 1. The first-order chi connectivity index (χ1) is 12.9. The van der Waals surface area contributed by atoms with E-state index < -0.39 is 0 Å². The highest BCUT2D eigenvalue weighted by molar-refractivity contribution is 6.09. The average molecular weight is 332 g/mol. The van der Waals surface area contributed by atoms with Gasteiger partial charge in [-0.25, -0.2) is 4.99 Å². The molecule has 0 bridgehead atoms. The van der Waals surface area contributed by atoms with Crippen LogP contribution in [0.2, 0.25) is 0 Å². The van der Waals surface area contributed by atoms with E-state index in [1.54, 1.807) is 0 Å². The SMILES string of the molecule is C1=CC2=c3ccc4c5ccccc5n(-c5ccccc5)c4c3=NC2=CC1. The zero-order valence-corrected chi connectivity index (χ0v) is 14.2. The van der Waals surface area contributed by atoms with Crippen LogP contribution in [0.3, 0.4) is 0 Å². The first-order valence-electron chi connectivity index (χ1n) is 8.99. The quantitative estimate of drug-likeness (QED) is 0.491. The van der Waals surface area contributed by atoms with E-state index in [0.29, 0.717) is 0 Å². The van der Waals surface area contributed by atoms with Crippen LogP contribution in [0, 0.1) is 0 Å². The molecule has 26 heavy (non-hydrogen) atoms. The highest BCUT2D eigenvalue weighted by Crippen LogP contribution is 2.31. The fourth-order valence-electron chi connectivity index (χ4n) is 4.23. The Morgan fingerprint density at radius 2 is 1.65 bits per heavy atom. The van der Waals surface area contributed by atoms with E-state index >= 15 is 0 Å². The first kappa shape index (κ1) is 13.9. The van der Waals surface area contributed by atoms with Crippen LogP contribution < -0.4 is 10.6 Å². The first-order valence-corrected chi connectivity index (χ1v) is 8.99. The molecular formula is C24H16N2. The molecule has 3 aromatic carbocycles. The van der Waals surface area contributed by atoms with Crippen LogP contribution in [0.25, 0.3) is 33.1 Å². The summed E-state index contributed by atoms with van der Waals surface area (Å²) in [5, 5.41) is 4.86. The summed E-state index contributed by atoms with van der Waals surface area (Å²) in [5.74, 6) is 0. The highest BCUT2D eigenvalue weighted by atomic mass is 15.0. The van der Waals surface area contributed by atoms with Crippen molar-refractivity contribution in [2.24, 2.45) is 4.99 Å². The lowest BCUT2D eigenvalue weighted by Gasteiger charge is -2.07. The van der Waals surface area contributed by atoms with E-state index in [-0.39, 0.29) is 0 Å². The summed E-state index contributed by atoms with van der Waals surface area (Å²) >= 11 is 0. The zero-order chi connectivity index (χ0) is 17.1. The Bertz CT molecular complexity index is 1380. The van der Waals surface area contributed by atoms with Crippen LogP contribution in [-0.2, 0) is 0 Å². The topological polar surface area (TPSA) is 17.3 Å². The lowest BCUT2D eigenvalue weighted by molar-refractivity contribution is 1.15. The minimum atomic E-state index is 0.959. The number of hydrogen-bond acceptors (Lipinski definition) is 1. The summed E-state index contributed by atoms with van der Waals surface area (Å²) in [4.78, 5) is 5.04. The largest absolute Gasteiger partial charge is 0.307 e. The van der Waals surface area contributed by atoms with Crippen LogP contribution in [0.4, 0.5) is 0 Å². The Balaban J connectivity index is 1.90. The molecule has 0 saturated carbocycles. The minimum absolute atomic E-state index is 0.959. The van der Waals surface area contributed by atoms with Crippen molar-refractivity contribution in [3.63, 3.8) is 0 Å². The number of benzene rings is 3. The number of para-hydroxylation sites is 2. The minimum Gasteiger partial charge on any atom is -0.307 e. The second kappa shape index (κ2) is 5.06. The Hall–Kier alpha value is -3.39. The second-order valence-electron chi connectivity index (χ2n) is 6.80. The summed E-state index contributed by atoms with van der Waals surface area (Å²) in [6.07, 6.45) is 7.60. The summed E-state index contributed by atoms with van der Waals surface area (Å²) in [6.45, 7) is 0. The standard InChI is InChI=1S/C24H16N2/c1-2-8-16(9-3-1)26-22-13-7-5-11-18(22)20-15-14-19-17-10-4-6-12-21(17)25-23(19)24(20)26/h1-5,7-15H,6H2. The fraction of sp³-hybridized carbons (Fsp3) is 0.0417. The average Bonchev–Trinajstić information content (AvgIpc) is 3.24. The molecule has 0 unspecified atom stereocenters. The molecule has 2 aliphatic rings. The molecule has 0 radical (unpaired) electrons. The van der Waals surface area contributed by atoms with Crippen molar-refractivity contribution in [3.8, 4) is 5.69 Å². The Kier molecular flexibility index (Phi) is 2.69. The predicted octanol–water partition coefficient (Wildman–Crippen LogP) is 4.41. The van der Waals surface area contributed by atoms with Gasteiger partial charge < -0.3 is 4.57 Å². The van der Waals surface area contributed by atoms with Gasteiger partial charge in [-0.05, 0) is 24.6 Å². The normalized spacial score (nSPS) is 15.1. The van der Waals surface area contributed by atoms with E-state index in [1.165, 1.54) is 38.3 Å². The molecule has 6 rings (SSSR count). The van der Waals surface area contributed by atoms with Gasteiger partial charge in [0, 0.05) is 27.3 Å². The van der Waals surface area contributed by atoms with E-state index in [1.807, 2.05) is 0 Å². The summed E-state index contributed by atoms with van der Waals surface area (Å²) < 4.78 is 2.36. The number of fused-ring (bicyclic) bond motifs is 6. The van der Waals surface area contributed by atoms with Crippen molar-refractivity contribution < 1.29 is 0 Å². The molecule has 2 heteroatoms. The predicted molar refractivity (Wildman–Crippen MR) is 107 cm³/mol. The molecule has 1 aliphatic carbocycles. The van der Waals surface area contributed by atoms with Gasteiger partial charge in [0.2, 0.25) is 0 Å². The lowest BCUT2D eigenvalue weighted by Crippen LogP contribution is -2.25. The maximum absolute atomic E-state index is 5.04. The number of allylic oxidation sites excluding steroid dienone is 3. The van der Waals surface area contributed by atoms with Crippen molar-refractivity contribution in [2.75, 3.05) is 0 Å². The smallest absolute Gasteiger partial charge is 0.0963 e. The third-order valence-corrected chi connectivity index (χ3v) is 5.35. The van der Waals surface area contributed by atoms with Crippen molar-refractivity contribution in [1.82, 2.24) is 4.57 Å². The maximum atomic E-state index is 5.04. The summed E-state index contributed by atoms with van der Waals surface area (Å²) in [7, 11) is 0. The molecule has 0 N–H and O–H groups in total. The molecule has 0 atom stereocenters. The third kappa shape index (κ3) is 1.73. The van der Waals surface area contributed by atoms with Crippen LogP contribution in [0.15, 0.2) is 95.6 Å². The van der Waals surface area contributed by atoms with E-state index in [9.17, 15) is 0 Å². The van der Waals surface area contributed by atoms with Gasteiger partial charge in [-0.2, -0.15) is 0 Å². The van der Waals surface area contributed by atoms with Crippen LogP contribution >= 0.6 is 0 Å². The fourth-order valence-corrected chi connectivity index (χ4v) is 4.23. The van der Waals surface area contributed by atoms with Gasteiger partial charge in [0.15, 0.2) is 0 Å². The second-order valence-corrected chi connectivity index (χ2v) is 6.80. The van der Waals surface area contributed by atoms with Gasteiger partial charge in [0.1, 0.15) is 0 Å². The number of nitrogens with zero attached hydrogens (tertiary/aromatic N) is 2. The number of hydrogen-bond donors (Lipinski definition) is 0. The number of rotatable bonds is 1. The van der Waals surface area contributed by atoms with Crippen molar-refractivity contribution in [3.05, 3.63) is 101 Å². The van der Waals surface area contributed by atoms with E-state index in [0.717, 1.165) is 17.5 Å². The molecular weight excluding hydrogens is 316 g/mol. The molecule has 1 aliphatic heterocycles.